The summed E-state index contributed by atoms with van der Waals surface area (Å²) in [6.07, 6.45) is 1.53. The number of pyridine rings is 1. The Kier molecular flexibility index (Phi) is 3.59. The molecule has 16 heavy (non-hydrogen) atoms. The molecule has 1 heterocycles. The van der Waals surface area contributed by atoms with Crippen LogP contribution in [-0.4, -0.2) is 21.6 Å². The molecule has 0 aliphatic rings. The molecule has 5 heteroatoms. The summed E-state index contributed by atoms with van der Waals surface area (Å²) in [4.78, 5) is 14.7. The van der Waals surface area contributed by atoms with Crippen molar-refractivity contribution in [2.45, 2.75) is 25.9 Å². The molecule has 0 aliphatic heterocycles. The minimum absolute atomic E-state index is 0.302. The van der Waals surface area contributed by atoms with Crippen LogP contribution < -0.4 is 5.32 Å². The molecule has 0 aliphatic carbocycles. The molecule has 0 saturated heterocycles. The molecule has 0 atom stereocenters. The first-order valence-electron chi connectivity index (χ1n) is 4.80. The first-order chi connectivity index (χ1) is 7.47. The molecule has 1 aromatic rings. The Hall–Kier alpha value is -1.93. The third kappa shape index (κ3) is 2.78. The Morgan fingerprint density at radius 2 is 2.38 bits per heavy atom. The number of rotatable bonds is 4. The maximum atomic E-state index is 10.9. The number of carboxylic acids is 1. The molecule has 5 nitrogen and oxygen atoms in total. The van der Waals surface area contributed by atoms with Crippen LogP contribution in [0.1, 0.15) is 25.1 Å². The van der Waals surface area contributed by atoms with E-state index >= 15 is 0 Å². The summed E-state index contributed by atoms with van der Waals surface area (Å²) in [7, 11) is 0. The average molecular weight is 219 g/mol. The van der Waals surface area contributed by atoms with Gasteiger partial charge in [-0.2, -0.15) is 5.26 Å². The second-order valence-electron chi connectivity index (χ2n) is 3.91. The van der Waals surface area contributed by atoms with Crippen molar-refractivity contribution in [1.82, 2.24) is 10.3 Å². The quantitative estimate of drug-likeness (QED) is 0.785. The predicted octanol–water partition coefficient (Wildman–Crippen LogP) is 0.906. The van der Waals surface area contributed by atoms with Crippen LogP contribution in [0.2, 0.25) is 0 Å². The van der Waals surface area contributed by atoms with Crippen LogP contribution in [0.15, 0.2) is 18.3 Å². The summed E-state index contributed by atoms with van der Waals surface area (Å²) < 4.78 is 0. The first kappa shape index (κ1) is 12.1. The number of nitrogens with one attached hydrogen (secondary N) is 1. The summed E-state index contributed by atoms with van der Waals surface area (Å²) >= 11 is 0. The van der Waals surface area contributed by atoms with Crippen LogP contribution >= 0.6 is 0 Å². The van der Waals surface area contributed by atoms with Crippen molar-refractivity contribution in [3.63, 3.8) is 0 Å². The van der Waals surface area contributed by atoms with Gasteiger partial charge in [-0.1, -0.05) is 6.07 Å². The lowest BCUT2D eigenvalue weighted by Gasteiger charge is -2.21. The highest BCUT2D eigenvalue weighted by Crippen LogP contribution is 2.07. The molecule has 0 unspecified atom stereocenters. The molecule has 84 valence electrons. The van der Waals surface area contributed by atoms with Crippen molar-refractivity contribution in [2.75, 3.05) is 0 Å². The number of carboxylic acid groups (broad SMARTS) is 1. The smallest absolute Gasteiger partial charge is 0.323 e. The molecular formula is C11H13N3O2. The third-order valence-corrected chi connectivity index (χ3v) is 2.25. The number of aliphatic carboxylic acids is 1. The molecule has 1 rings (SSSR count). The van der Waals surface area contributed by atoms with Crippen molar-refractivity contribution in [3.05, 3.63) is 29.6 Å². The van der Waals surface area contributed by atoms with Gasteiger partial charge in [0.1, 0.15) is 17.3 Å². The van der Waals surface area contributed by atoms with E-state index < -0.39 is 11.5 Å². The highest BCUT2D eigenvalue weighted by atomic mass is 16.4. The van der Waals surface area contributed by atoms with Gasteiger partial charge in [-0.05, 0) is 19.9 Å². The number of hydrogen-bond donors (Lipinski definition) is 2. The summed E-state index contributed by atoms with van der Waals surface area (Å²) in [6.45, 7) is 3.44. The summed E-state index contributed by atoms with van der Waals surface area (Å²) in [5.74, 6) is -0.935. The molecule has 0 spiro atoms. The molecule has 0 bridgehead atoms. The van der Waals surface area contributed by atoms with Crippen molar-refractivity contribution in [3.8, 4) is 6.07 Å². The Labute approximate surface area is 93.7 Å². The maximum absolute atomic E-state index is 10.9. The van der Waals surface area contributed by atoms with E-state index in [1.807, 2.05) is 6.07 Å². The summed E-state index contributed by atoms with van der Waals surface area (Å²) in [5, 5.41) is 20.6. The Morgan fingerprint density at radius 3 is 2.94 bits per heavy atom. The average Bonchev–Trinajstić information content (AvgIpc) is 2.26. The van der Waals surface area contributed by atoms with Crippen LogP contribution in [0.5, 0.6) is 0 Å². The highest BCUT2D eigenvalue weighted by Gasteiger charge is 2.26. The van der Waals surface area contributed by atoms with Crippen LogP contribution in [0.4, 0.5) is 0 Å². The fraction of sp³-hybridized carbons (Fsp3) is 0.364. The molecule has 1 aromatic heterocycles. The number of aromatic nitrogens is 1. The van der Waals surface area contributed by atoms with Gasteiger partial charge in [-0.3, -0.25) is 10.1 Å². The van der Waals surface area contributed by atoms with Crippen LogP contribution in [-0.2, 0) is 11.3 Å². The van der Waals surface area contributed by atoms with Crippen LogP contribution in [0.3, 0.4) is 0 Å². The van der Waals surface area contributed by atoms with Gasteiger partial charge in [0.2, 0.25) is 0 Å². The molecule has 0 fully saturated rings. The van der Waals surface area contributed by atoms with Gasteiger partial charge in [0, 0.05) is 18.3 Å². The maximum Gasteiger partial charge on any atom is 0.323 e. The molecule has 0 aromatic carbocycles. The zero-order valence-corrected chi connectivity index (χ0v) is 9.19. The van der Waals surface area contributed by atoms with Crippen molar-refractivity contribution in [1.29, 1.82) is 5.26 Å². The standard InChI is InChI=1S/C11H13N3O2/c1-11(2,10(15)16)14-7-8-4-3-5-13-9(8)6-12/h3-5,14H,7H2,1-2H3,(H,15,16). The first-order valence-corrected chi connectivity index (χ1v) is 4.80. The lowest BCUT2D eigenvalue weighted by atomic mass is 10.1. The lowest BCUT2D eigenvalue weighted by Crippen LogP contribution is -2.46. The lowest BCUT2D eigenvalue weighted by molar-refractivity contribution is -0.143. The number of nitriles is 1. The molecule has 0 radical (unpaired) electrons. The fourth-order valence-corrected chi connectivity index (χ4v) is 1.07. The SMILES string of the molecule is CC(C)(NCc1cccnc1C#N)C(=O)O. The summed E-state index contributed by atoms with van der Waals surface area (Å²) in [5.41, 5.74) is -0.0155. The number of carbonyl (C=O) groups is 1. The Balaban J connectivity index is 2.76. The topological polar surface area (TPSA) is 86.0 Å². The van der Waals surface area contributed by atoms with E-state index in [4.69, 9.17) is 10.4 Å². The third-order valence-electron chi connectivity index (χ3n) is 2.25. The summed E-state index contributed by atoms with van der Waals surface area (Å²) in [6, 6.07) is 5.42. The van der Waals surface area contributed by atoms with Crippen LogP contribution in [0, 0.1) is 11.3 Å². The normalized spacial score (nSPS) is 10.8. The van der Waals surface area contributed by atoms with E-state index in [9.17, 15) is 4.79 Å². The minimum atomic E-state index is -1.03. The van der Waals surface area contributed by atoms with E-state index in [2.05, 4.69) is 10.3 Å². The number of hydrogen-bond acceptors (Lipinski definition) is 4. The van der Waals surface area contributed by atoms with E-state index in [0.29, 0.717) is 17.8 Å². The molecule has 2 N–H and O–H groups in total. The van der Waals surface area contributed by atoms with Gasteiger partial charge in [-0.15, -0.1) is 0 Å². The monoisotopic (exact) mass is 219 g/mol. The van der Waals surface area contributed by atoms with Gasteiger partial charge in [-0.25, -0.2) is 4.98 Å². The second-order valence-corrected chi connectivity index (χ2v) is 3.91. The van der Waals surface area contributed by atoms with E-state index in [1.54, 1.807) is 26.0 Å². The highest BCUT2D eigenvalue weighted by molar-refractivity contribution is 5.77. The van der Waals surface area contributed by atoms with Gasteiger partial charge in [0.05, 0.1) is 0 Å². The van der Waals surface area contributed by atoms with E-state index in [-0.39, 0.29) is 0 Å². The number of nitrogens with zero attached hydrogens (tertiary/aromatic N) is 2. The zero-order chi connectivity index (χ0) is 12.2. The van der Waals surface area contributed by atoms with Crippen molar-refractivity contribution >= 4 is 5.97 Å². The fourth-order valence-electron chi connectivity index (χ4n) is 1.07. The molecule has 0 saturated carbocycles. The van der Waals surface area contributed by atoms with E-state index in [1.165, 1.54) is 6.20 Å². The zero-order valence-electron chi connectivity index (χ0n) is 9.19. The largest absolute Gasteiger partial charge is 0.480 e. The van der Waals surface area contributed by atoms with Crippen molar-refractivity contribution in [2.24, 2.45) is 0 Å². The van der Waals surface area contributed by atoms with Gasteiger partial charge in [0.25, 0.3) is 0 Å². The second kappa shape index (κ2) is 4.73. The van der Waals surface area contributed by atoms with Crippen LogP contribution in [0.25, 0.3) is 0 Å². The molecular weight excluding hydrogens is 206 g/mol. The van der Waals surface area contributed by atoms with Gasteiger partial charge in [0.15, 0.2) is 0 Å². The van der Waals surface area contributed by atoms with Gasteiger partial charge >= 0.3 is 5.97 Å². The predicted molar refractivity (Wildman–Crippen MR) is 57.5 cm³/mol. The van der Waals surface area contributed by atoms with Crippen molar-refractivity contribution < 1.29 is 9.90 Å². The molecule has 0 amide bonds. The van der Waals surface area contributed by atoms with E-state index in [0.717, 1.165) is 0 Å². The minimum Gasteiger partial charge on any atom is -0.480 e. The van der Waals surface area contributed by atoms with Gasteiger partial charge < -0.3 is 5.11 Å². The Bertz CT molecular complexity index is 435. The Morgan fingerprint density at radius 1 is 1.69 bits per heavy atom.